The van der Waals surface area contributed by atoms with E-state index in [1.54, 1.807) is 0 Å². The molecular weight excluding hydrogens is 250 g/mol. The summed E-state index contributed by atoms with van der Waals surface area (Å²) >= 11 is 0. The summed E-state index contributed by atoms with van der Waals surface area (Å²) < 4.78 is 0. The molecule has 1 aromatic carbocycles. The van der Waals surface area contributed by atoms with Crippen molar-refractivity contribution in [3.8, 4) is 0 Å². The summed E-state index contributed by atoms with van der Waals surface area (Å²) in [5.41, 5.74) is 2.46. The second-order valence-electron chi connectivity index (χ2n) is 5.95. The zero-order valence-corrected chi connectivity index (χ0v) is 12.1. The highest BCUT2D eigenvalue weighted by atomic mass is 16.1. The van der Waals surface area contributed by atoms with Crippen LogP contribution in [0.25, 0.3) is 0 Å². The molecular formula is C16H23N3O. The molecule has 1 aromatic rings. The Kier molecular flexibility index (Phi) is 3.92. The average molecular weight is 273 g/mol. The number of likely N-dealkylation sites (N-methyl/N-ethyl adjacent to an activating group) is 1. The van der Waals surface area contributed by atoms with E-state index in [0.717, 1.165) is 19.6 Å². The molecule has 20 heavy (non-hydrogen) atoms. The minimum atomic E-state index is 0.175. The molecule has 2 heterocycles. The molecule has 2 aliphatic rings. The number of hydrogen-bond acceptors (Lipinski definition) is 3. The van der Waals surface area contributed by atoms with Crippen molar-refractivity contribution in [2.45, 2.75) is 31.2 Å². The lowest BCUT2D eigenvalue weighted by Crippen LogP contribution is -2.38. The molecule has 1 amide bonds. The summed E-state index contributed by atoms with van der Waals surface area (Å²) in [5, 5.41) is 6.48. The van der Waals surface area contributed by atoms with E-state index in [1.807, 2.05) is 12.1 Å². The first-order chi connectivity index (χ1) is 9.74. The molecule has 0 bridgehead atoms. The quantitative estimate of drug-likeness (QED) is 0.879. The fraction of sp³-hybridized carbons (Fsp3) is 0.562. The van der Waals surface area contributed by atoms with E-state index < -0.39 is 0 Å². The van der Waals surface area contributed by atoms with Gasteiger partial charge in [-0.15, -0.1) is 0 Å². The lowest BCUT2D eigenvalue weighted by molar-refractivity contribution is -0.121. The van der Waals surface area contributed by atoms with Crippen molar-refractivity contribution in [2.75, 3.05) is 32.0 Å². The molecule has 0 aromatic heterocycles. The van der Waals surface area contributed by atoms with Crippen LogP contribution in [0.3, 0.4) is 0 Å². The molecule has 0 saturated carbocycles. The zero-order chi connectivity index (χ0) is 13.9. The van der Waals surface area contributed by atoms with E-state index >= 15 is 0 Å². The van der Waals surface area contributed by atoms with E-state index in [4.69, 9.17) is 0 Å². The number of hydrogen-bond donors (Lipinski definition) is 2. The van der Waals surface area contributed by atoms with Gasteiger partial charge in [0.25, 0.3) is 0 Å². The number of nitrogens with zero attached hydrogens (tertiary/aromatic N) is 1. The van der Waals surface area contributed by atoms with Gasteiger partial charge in [0.15, 0.2) is 0 Å². The number of carbonyl (C=O) groups excluding carboxylic acids is 1. The van der Waals surface area contributed by atoms with Gasteiger partial charge in [0, 0.05) is 37.2 Å². The van der Waals surface area contributed by atoms with Gasteiger partial charge in [-0.1, -0.05) is 18.2 Å². The fourth-order valence-corrected chi connectivity index (χ4v) is 3.30. The Morgan fingerprint density at radius 3 is 3.10 bits per heavy atom. The predicted molar refractivity (Wildman–Crippen MR) is 81.0 cm³/mol. The number of rotatable bonds is 4. The van der Waals surface area contributed by atoms with Crippen molar-refractivity contribution in [1.29, 1.82) is 0 Å². The van der Waals surface area contributed by atoms with Crippen LogP contribution >= 0.6 is 0 Å². The highest BCUT2D eigenvalue weighted by molar-refractivity contribution is 5.78. The first-order valence-corrected chi connectivity index (χ1v) is 7.54. The van der Waals surface area contributed by atoms with Crippen molar-refractivity contribution in [2.24, 2.45) is 0 Å². The molecule has 2 aliphatic heterocycles. The van der Waals surface area contributed by atoms with Crippen molar-refractivity contribution in [3.63, 3.8) is 0 Å². The molecule has 2 unspecified atom stereocenters. The SMILES string of the molecule is CN1CCCC1CNC(=O)CC1CNc2ccccc21. The predicted octanol–water partition coefficient (Wildman–Crippen LogP) is 1.80. The third-order valence-electron chi connectivity index (χ3n) is 4.58. The van der Waals surface area contributed by atoms with Gasteiger partial charge in [-0.05, 0) is 38.1 Å². The molecule has 3 rings (SSSR count). The normalized spacial score (nSPS) is 25.2. The van der Waals surface area contributed by atoms with Crippen LogP contribution in [0.1, 0.15) is 30.7 Å². The number of amides is 1. The maximum Gasteiger partial charge on any atom is 0.220 e. The number of nitrogens with one attached hydrogen (secondary N) is 2. The van der Waals surface area contributed by atoms with Crippen molar-refractivity contribution in [1.82, 2.24) is 10.2 Å². The van der Waals surface area contributed by atoms with Crippen LogP contribution in [0.4, 0.5) is 5.69 Å². The standard InChI is InChI=1S/C16H23N3O/c1-19-8-4-5-13(19)11-18-16(20)9-12-10-17-15-7-3-2-6-14(12)15/h2-3,6-7,12-13,17H,4-5,8-11H2,1H3,(H,18,20). The van der Waals surface area contributed by atoms with Crippen molar-refractivity contribution >= 4 is 11.6 Å². The fourth-order valence-electron chi connectivity index (χ4n) is 3.30. The zero-order valence-electron chi connectivity index (χ0n) is 12.1. The summed E-state index contributed by atoms with van der Waals surface area (Å²) in [6.45, 7) is 2.81. The second-order valence-corrected chi connectivity index (χ2v) is 5.95. The molecule has 0 aliphatic carbocycles. The molecule has 4 heteroatoms. The van der Waals surface area contributed by atoms with Crippen LogP contribution in [-0.2, 0) is 4.79 Å². The molecule has 4 nitrogen and oxygen atoms in total. The Labute approximate surface area is 120 Å². The van der Waals surface area contributed by atoms with Gasteiger partial charge >= 0.3 is 0 Å². The van der Waals surface area contributed by atoms with E-state index in [9.17, 15) is 4.79 Å². The smallest absolute Gasteiger partial charge is 0.220 e. The number of benzene rings is 1. The Morgan fingerprint density at radius 1 is 1.45 bits per heavy atom. The molecule has 1 saturated heterocycles. The first-order valence-electron chi connectivity index (χ1n) is 7.54. The first kappa shape index (κ1) is 13.4. The van der Waals surface area contributed by atoms with Crippen molar-refractivity contribution < 1.29 is 4.79 Å². The Hall–Kier alpha value is -1.55. The maximum atomic E-state index is 12.1. The molecule has 2 atom stereocenters. The minimum absolute atomic E-state index is 0.175. The largest absolute Gasteiger partial charge is 0.384 e. The monoisotopic (exact) mass is 273 g/mol. The topological polar surface area (TPSA) is 44.4 Å². The van der Waals surface area contributed by atoms with Crippen LogP contribution in [0.2, 0.25) is 0 Å². The van der Waals surface area contributed by atoms with Gasteiger partial charge in [0.2, 0.25) is 5.91 Å². The van der Waals surface area contributed by atoms with Crippen LogP contribution in [0, 0.1) is 0 Å². The minimum Gasteiger partial charge on any atom is -0.384 e. The number of fused-ring (bicyclic) bond motifs is 1. The van der Waals surface area contributed by atoms with E-state index in [2.05, 4.69) is 34.7 Å². The number of carbonyl (C=O) groups is 1. The highest BCUT2D eigenvalue weighted by Gasteiger charge is 2.25. The third-order valence-corrected chi connectivity index (χ3v) is 4.58. The Morgan fingerprint density at radius 2 is 2.30 bits per heavy atom. The van der Waals surface area contributed by atoms with E-state index in [1.165, 1.54) is 24.1 Å². The lowest BCUT2D eigenvalue weighted by Gasteiger charge is -2.20. The van der Waals surface area contributed by atoms with Gasteiger partial charge in [-0.2, -0.15) is 0 Å². The van der Waals surface area contributed by atoms with Gasteiger partial charge in [0.1, 0.15) is 0 Å². The van der Waals surface area contributed by atoms with E-state index in [-0.39, 0.29) is 5.91 Å². The van der Waals surface area contributed by atoms with Gasteiger partial charge in [-0.3, -0.25) is 4.79 Å². The van der Waals surface area contributed by atoms with Crippen LogP contribution in [-0.4, -0.2) is 43.5 Å². The summed E-state index contributed by atoms with van der Waals surface area (Å²) in [7, 11) is 2.14. The van der Waals surface area contributed by atoms with Crippen LogP contribution < -0.4 is 10.6 Å². The van der Waals surface area contributed by atoms with Gasteiger partial charge in [0.05, 0.1) is 0 Å². The summed E-state index contributed by atoms with van der Waals surface area (Å²) in [6, 6.07) is 8.81. The Balaban J connectivity index is 1.50. The molecule has 2 N–H and O–H groups in total. The van der Waals surface area contributed by atoms with Gasteiger partial charge < -0.3 is 15.5 Å². The number of para-hydroxylation sites is 1. The summed E-state index contributed by atoms with van der Waals surface area (Å²) in [6.07, 6.45) is 3.03. The molecule has 0 radical (unpaired) electrons. The third kappa shape index (κ3) is 2.80. The summed E-state index contributed by atoms with van der Waals surface area (Å²) in [5.74, 6) is 0.487. The number of likely N-dealkylation sites (tertiary alicyclic amines) is 1. The van der Waals surface area contributed by atoms with Gasteiger partial charge in [-0.25, -0.2) is 0 Å². The molecule has 108 valence electrons. The number of anilines is 1. The lowest BCUT2D eigenvalue weighted by atomic mass is 9.97. The maximum absolute atomic E-state index is 12.1. The second kappa shape index (κ2) is 5.83. The molecule has 1 fully saturated rings. The Bertz CT molecular complexity index is 488. The summed E-state index contributed by atoms with van der Waals surface area (Å²) in [4.78, 5) is 14.5. The average Bonchev–Trinajstić information content (AvgIpc) is 3.04. The van der Waals surface area contributed by atoms with Crippen LogP contribution in [0.15, 0.2) is 24.3 Å². The van der Waals surface area contributed by atoms with E-state index in [0.29, 0.717) is 18.4 Å². The highest BCUT2D eigenvalue weighted by Crippen LogP contribution is 2.33. The van der Waals surface area contributed by atoms with Crippen LogP contribution in [0.5, 0.6) is 0 Å². The molecule has 0 spiro atoms. The van der Waals surface area contributed by atoms with Crippen molar-refractivity contribution in [3.05, 3.63) is 29.8 Å².